The van der Waals surface area contributed by atoms with Crippen LogP contribution >= 0.6 is 0 Å². The first-order valence-electron chi connectivity index (χ1n) is 7.49. The molecule has 0 saturated carbocycles. The number of alkyl halides is 3. The van der Waals surface area contributed by atoms with E-state index in [9.17, 15) is 21.6 Å². The second kappa shape index (κ2) is 5.23. The first-order valence-corrected chi connectivity index (χ1v) is 8.93. The molecule has 3 aromatic rings. The molecule has 1 aliphatic rings. The number of hydrogen-bond acceptors (Lipinski definition) is 2. The Morgan fingerprint density at radius 2 is 1.60 bits per heavy atom. The molecule has 0 fully saturated rings. The summed E-state index contributed by atoms with van der Waals surface area (Å²) in [6, 6.07) is 14.9. The van der Waals surface area contributed by atoms with Crippen LogP contribution in [0.1, 0.15) is 11.1 Å². The van der Waals surface area contributed by atoms with Crippen molar-refractivity contribution in [1.82, 2.24) is 0 Å². The molecule has 25 heavy (non-hydrogen) atoms. The van der Waals surface area contributed by atoms with Crippen LogP contribution in [0.15, 0.2) is 65.6 Å². The molecule has 4 rings (SSSR count). The van der Waals surface area contributed by atoms with Crippen LogP contribution in [0, 0.1) is 0 Å². The Balaban J connectivity index is 1.82. The van der Waals surface area contributed by atoms with Crippen LogP contribution in [-0.2, 0) is 22.7 Å². The van der Waals surface area contributed by atoms with E-state index in [1.807, 2.05) is 12.1 Å². The average molecular weight is 363 g/mol. The van der Waals surface area contributed by atoms with Gasteiger partial charge in [-0.25, -0.2) is 8.42 Å². The van der Waals surface area contributed by atoms with E-state index in [-0.39, 0.29) is 17.0 Å². The minimum atomic E-state index is -4.47. The Morgan fingerprint density at radius 3 is 2.32 bits per heavy atom. The number of rotatable bonds is 2. The van der Waals surface area contributed by atoms with E-state index >= 15 is 0 Å². The maximum atomic E-state index is 12.9. The number of benzene rings is 3. The van der Waals surface area contributed by atoms with Gasteiger partial charge in [-0.15, -0.1) is 0 Å². The van der Waals surface area contributed by atoms with Crippen molar-refractivity contribution in [2.24, 2.45) is 0 Å². The molecule has 0 aromatic heterocycles. The summed E-state index contributed by atoms with van der Waals surface area (Å²) in [7, 11) is -3.79. The second-order valence-corrected chi connectivity index (χ2v) is 7.67. The molecule has 128 valence electrons. The quantitative estimate of drug-likeness (QED) is 0.669. The standard InChI is InChI=1S/C18H12F3NO2S/c19-18(20,21)14-7-1-4-12(10-14)11-22-15-8-2-5-13-6-3-9-16(17(13)15)25(22,23)24/h1-10H,11H2. The summed E-state index contributed by atoms with van der Waals surface area (Å²) >= 11 is 0. The summed E-state index contributed by atoms with van der Waals surface area (Å²) in [4.78, 5) is 0.188. The lowest BCUT2D eigenvalue weighted by Crippen LogP contribution is -2.26. The van der Waals surface area contributed by atoms with Crippen molar-refractivity contribution in [3.05, 3.63) is 71.8 Å². The Bertz CT molecular complexity index is 1090. The normalized spacial score (nSPS) is 15.7. The van der Waals surface area contributed by atoms with E-state index in [2.05, 4.69) is 0 Å². The molecule has 3 aromatic carbocycles. The number of halogens is 3. The number of sulfonamides is 1. The Morgan fingerprint density at radius 1 is 0.920 bits per heavy atom. The Labute approximate surface area is 142 Å². The molecule has 0 aliphatic carbocycles. The van der Waals surface area contributed by atoms with Gasteiger partial charge in [-0.3, -0.25) is 4.31 Å². The Kier molecular flexibility index (Phi) is 3.34. The third-order valence-corrected chi connectivity index (χ3v) is 6.06. The smallest absolute Gasteiger partial charge is 0.261 e. The summed E-state index contributed by atoms with van der Waals surface area (Å²) in [6.07, 6.45) is -4.47. The average Bonchev–Trinajstić information content (AvgIpc) is 2.78. The van der Waals surface area contributed by atoms with E-state index in [4.69, 9.17) is 0 Å². The van der Waals surface area contributed by atoms with Crippen molar-refractivity contribution in [2.75, 3.05) is 4.31 Å². The molecule has 0 atom stereocenters. The predicted molar refractivity (Wildman–Crippen MR) is 88.8 cm³/mol. The molecule has 0 spiro atoms. The van der Waals surface area contributed by atoms with Gasteiger partial charge in [0.2, 0.25) is 0 Å². The van der Waals surface area contributed by atoms with Gasteiger partial charge in [0.25, 0.3) is 10.0 Å². The fraction of sp³-hybridized carbons (Fsp3) is 0.111. The summed E-state index contributed by atoms with van der Waals surface area (Å²) in [5.41, 5.74) is -0.0222. The van der Waals surface area contributed by atoms with E-state index in [0.717, 1.165) is 17.5 Å². The van der Waals surface area contributed by atoms with Crippen LogP contribution in [0.3, 0.4) is 0 Å². The zero-order chi connectivity index (χ0) is 17.8. The van der Waals surface area contributed by atoms with Crippen LogP contribution < -0.4 is 4.31 Å². The van der Waals surface area contributed by atoms with Crippen LogP contribution in [0.25, 0.3) is 10.8 Å². The first kappa shape index (κ1) is 16.0. The van der Waals surface area contributed by atoms with Gasteiger partial charge in [-0.05, 0) is 35.2 Å². The van der Waals surface area contributed by atoms with Gasteiger partial charge in [0, 0.05) is 5.39 Å². The molecule has 1 heterocycles. The fourth-order valence-corrected chi connectivity index (χ4v) is 4.84. The highest BCUT2D eigenvalue weighted by molar-refractivity contribution is 7.93. The topological polar surface area (TPSA) is 37.4 Å². The lowest BCUT2D eigenvalue weighted by atomic mass is 10.1. The van der Waals surface area contributed by atoms with Crippen LogP contribution in [-0.4, -0.2) is 8.42 Å². The molecule has 1 aliphatic heterocycles. The second-order valence-electron chi connectivity index (χ2n) is 5.84. The maximum absolute atomic E-state index is 12.9. The third-order valence-electron chi connectivity index (χ3n) is 4.26. The van der Waals surface area contributed by atoms with E-state index in [1.54, 1.807) is 18.2 Å². The molecular formula is C18H12F3NO2S. The van der Waals surface area contributed by atoms with Crippen molar-refractivity contribution in [3.8, 4) is 0 Å². The monoisotopic (exact) mass is 363 g/mol. The van der Waals surface area contributed by atoms with E-state index < -0.39 is 21.8 Å². The van der Waals surface area contributed by atoms with Crippen molar-refractivity contribution < 1.29 is 21.6 Å². The van der Waals surface area contributed by atoms with Crippen LogP contribution in [0.2, 0.25) is 0 Å². The molecular weight excluding hydrogens is 351 g/mol. The molecule has 0 saturated heterocycles. The zero-order valence-corrected chi connectivity index (χ0v) is 13.6. The highest BCUT2D eigenvalue weighted by atomic mass is 32.2. The molecule has 0 radical (unpaired) electrons. The van der Waals surface area contributed by atoms with Gasteiger partial charge in [0.05, 0.1) is 22.7 Å². The van der Waals surface area contributed by atoms with Crippen LogP contribution in [0.5, 0.6) is 0 Å². The minimum Gasteiger partial charge on any atom is -0.261 e. The van der Waals surface area contributed by atoms with Crippen molar-refractivity contribution in [3.63, 3.8) is 0 Å². The first-order chi connectivity index (χ1) is 11.8. The highest BCUT2D eigenvalue weighted by Crippen LogP contribution is 2.43. The summed E-state index contributed by atoms with van der Waals surface area (Å²) in [5, 5.41) is 1.39. The number of anilines is 1. The van der Waals surface area contributed by atoms with E-state index in [1.165, 1.54) is 22.5 Å². The van der Waals surface area contributed by atoms with Crippen molar-refractivity contribution >= 4 is 26.5 Å². The predicted octanol–water partition coefficient (Wildman–Crippen LogP) is 4.57. The molecule has 0 unspecified atom stereocenters. The zero-order valence-electron chi connectivity index (χ0n) is 12.8. The Hall–Kier alpha value is -2.54. The third kappa shape index (κ3) is 2.46. The SMILES string of the molecule is O=S1(=O)c2cccc3cccc(c23)N1Cc1cccc(C(F)(F)F)c1. The molecule has 3 nitrogen and oxygen atoms in total. The minimum absolute atomic E-state index is 0.153. The fourth-order valence-electron chi connectivity index (χ4n) is 3.14. The van der Waals surface area contributed by atoms with E-state index in [0.29, 0.717) is 11.1 Å². The van der Waals surface area contributed by atoms with Gasteiger partial charge in [-0.1, -0.05) is 36.4 Å². The van der Waals surface area contributed by atoms with Crippen molar-refractivity contribution in [1.29, 1.82) is 0 Å². The molecule has 7 heteroatoms. The summed E-state index contributed by atoms with van der Waals surface area (Å²) in [6.45, 7) is -0.153. The molecule has 0 N–H and O–H groups in total. The molecule has 0 amide bonds. The van der Waals surface area contributed by atoms with Gasteiger partial charge in [0.1, 0.15) is 0 Å². The van der Waals surface area contributed by atoms with Gasteiger partial charge in [0.15, 0.2) is 0 Å². The number of nitrogens with zero attached hydrogens (tertiary/aromatic N) is 1. The summed E-state index contributed by atoms with van der Waals surface area (Å²) < 4.78 is 65.6. The lowest BCUT2D eigenvalue weighted by molar-refractivity contribution is -0.137. The van der Waals surface area contributed by atoms with Gasteiger partial charge < -0.3 is 0 Å². The lowest BCUT2D eigenvalue weighted by Gasteiger charge is -2.19. The van der Waals surface area contributed by atoms with Gasteiger partial charge in [-0.2, -0.15) is 13.2 Å². The van der Waals surface area contributed by atoms with Gasteiger partial charge >= 0.3 is 6.18 Å². The molecule has 0 bridgehead atoms. The number of hydrogen-bond donors (Lipinski definition) is 0. The largest absolute Gasteiger partial charge is 0.416 e. The van der Waals surface area contributed by atoms with Crippen molar-refractivity contribution in [2.45, 2.75) is 17.6 Å². The van der Waals surface area contributed by atoms with Crippen LogP contribution in [0.4, 0.5) is 18.9 Å². The summed E-state index contributed by atoms with van der Waals surface area (Å²) in [5.74, 6) is 0. The maximum Gasteiger partial charge on any atom is 0.416 e. The highest BCUT2D eigenvalue weighted by Gasteiger charge is 2.36.